The van der Waals surface area contributed by atoms with Crippen molar-refractivity contribution in [1.82, 2.24) is 10.4 Å². The van der Waals surface area contributed by atoms with Gasteiger partial charge < -0.3 is 24.6 Å². The van der Waals surface area contributed by atoms with Gasteiger partial charge in [-0.3, -0.25) is 14.4 Å². The van der Waals surface area contributed by atoms with E-state index in [1.54, 1.807) is 5.06 Å². The minimum Gasteiger partial charge on any atom is -0.458 e. The third-order valence-corrected chi connectivity index (χ3v) is 9.18. The summed E-state index contributed by atoms with van der Waals surface area (Å²) in [6.45, 7) is 0.0996. The molecule has 1 aliphatic carbocycles. The third-order valence-electron chi connectivity index (χ3n) is 8.51. The molecule has 41 heavy (non-hydrogen) atoms. The van der Waals surface area contributed by atoms with Gasteiger partial charge in [-0.1, -0.05) is 72.8 Å². The zero-order valence-electron chi connectivity index (χ0n) is 22.0. The Labute approximate surface area is 250 Å². The Morgan fingerprint density at radius 1 is 0.976 bits per heavy atom. The minimum absolute atomic E-state index is 0.0556. The molecule has 3 saturated heterocycles. The Morgan fingerprint density at radius 2 is 1.66 bits per heavy atom. The number of aliphatic hydroxyl groups excluding tert-OH is 1. The summed E-state index contributed by atoms with van der Waals surface area (Å²) in [4.78, 5) is 34.3. The van der Waals surface area contributed by atoms with E-state index in [2.05, 4.69) is 27.9 Å². The zero-order chi connectivity index (χ0) is 28.2. The Bertz CT molecular complexity index is 1420. The number of halogens is 1. The van der Waals surface area contributed by atoms with Gasteiger partial charge in [0, 0.05) is 27.7 Å². The first-order chi connectivity index (χ1) is 20.0. The van der Waals surface area contributed by atoms with E-state index in [1.165, 1.54) is 0 Å². The Morgan fingerprint density at radius 3 is 2.32 bits per heavy atom. The molecule has 4 aliphatic rings. The number of hydrogen-bond acceptors (Lipinski definition) is 8. The Hall–Kier alpha value is -2.87. The summed E-state index contributed by atoms with van der Waals surface area (Å²) in [7, 11) is 0. The zero-order valence-corrected chi connectivity index (χ0v) is 24.2. The molecule has 6 atom stereocenters. The van der Waals surface area contributed by atoms with E-state index >= 15 is 0 Å². The van der Waals surface area contributed by atoms with Crippen molar-refractivity contribution in [3.8, 4) is 0 Å². The van der Waals surface area contributed by atoms with Crippen molar-refractivity contribution in [3.05, 3.63) is 105 Å². The summed E-state index contributed by atoms with van der Waals surface area (Å²) in [6, 6.07) is 26.2. The lowest BCUT2D eigenvalue weighted by Gasteiger charge is -2.48. The molecule has 10 heteroatoms. The van der Waals surface area contributed by atoms with Crippen LogP contribution < -0.4 is 5.32 Å². The maximum Gasteiger partial charge on any atom is 0.327 e. The highest BCUT2D eigenvalue weighted by Crippen LogP contribution is 2.59. The van der Waals surface area contributed by atoms with Crippen molar-refractivity contribution in [3.63, 3.8) is 0 Å². The highest BCUT2D eigenvalue weighted by Gasteiger charge is 2.76. The van der Waals surface area contributed by atoms with Gasteiger partial charge in [-0.25, -0.2) is 0 Å². The average molecular weight is 668 g/mol. The van der Waals surface area contributed by atoms with E-state index in [0.29, 0.717) is 0 Å². The molecule has 0 radical (unpaired) electrons. The van der Waals surface area contributed by atoms with Gasteiger partial charge in [0.05, 0.1) is 13.2 Å². The van der Waals surface area contributed by atoms with Crippen LogP contribution >= 0.6 is 22.6 Å². The fraction of sp³-hybridized carbons (Fsp3) is 0.355. The predicted octanol–water partition coefficient (Wildman–Crippen LogP) is 2.88. The Kier molecular flexibility index (Phi) is 6.87. The lowest BCUT2D eigenvalue weighted by molar-refractivity contribution is -0.213. The van der Waals surface area contributed by atoms with Crippen LogP contribution in [-0.2, 0) is 41.0 Å². The molecule has 0 aromatic heterocycles. The maximum atomic E-state index is 14.0. The maximum absolute atomic E-state index is 14.0. The first kappa shape index (κ1) is 27.0. The number of hydroxylamine groups is 2. The van der Waals surface area contributed by atoms with Crippen LogP contribution in [0.3, 0.4) is 0 Å². The number of hydrogen-bond donors (Lipinski definition) is 2. The molecule has 2 bridgehead atoms. The molecule has 9 nitrogen and oxygen atoms in total. The van der Waals surface area contributed by atoms with E-state index in [0.717, 1.165) is 20.3 Å². The van der Waals surface area contributed by atoms with E-state index < -0.39 is 47.6 Å². The van der Waals surface area contributed by atoms with E-state index in [9.17, 15) is 14.7 Å². The average Bonchev–Trinajstić information content (AvgIpc) is 3.56. The summed E-state index contributed by atoms with van der Waals surface area (Å²) in [5, 5.41) is 13.9. The second-order valence-corrected chi connectivity index (χ2v) is 12.1. The van der Waals surface area contributed by atoms with Crippen molar-refractivity contribution in [2.24, 2.45) is 5.41 Å². The third kappa shape index (κ3) is 4.23. The fourth-order valence-corrected chi connectivity index (χ4v) is 7.45. The van der Waals surface area contributed by atoms with Crippen molar-refractivity contribution < 1.29 is 33.7 Å². The molecule has 4 fully saturated rings. The molecule has 212 valence electrons. The molecule has 1 saturated carbocycles. The molecule has 3 aromatic rings. The lowest BCUT2D eigenvalue weighted by atomic mass is 9.62. The van der Waals surface area contributed by atoms with Gasteiger partial charge in [0.15, 0.2) is 6.04 Å². The molecule has 6 unspecified atom stereocenters. The number of nitrogens with one attached hydrogen (secondary N) is 1. The van der Waals surface area contributed by atoms with Gasteiger partial charge >= 0.3 is 5.97 Å². The van der Waals surface area contributed by atoms with Crippen LogP contribution in [0, 0.1) is 8.99 Å². The molecule has 7 rings (SSSR count). The summed E-state index contributed by atoms with van der Waals surface area (Å²) in [5.41, 5.74) is 1.20. The standard InChI is InChI=1S/C31H29IN2O7/c32-22-13-7-8-19(16-22)18-34-26-28(36)38-23-17-30(26,29(37)33-14-15-35)27(41-34)25-24(23)39-31(40-25,20-9-3-1-4-10-20)21-11-5-2-6-12-21/h1-13,16,23-27,35H,14-15,17-18H2,(H,33,37). The van der Waals surface area contributed by atoms with Gasteiger partial charge in [0.25, 0.3) is 0 Å². The second-order valence-electron chi connectivity index (χ2n) is 10.8. The molecular weight excluding hydrogens is 639 g/mol. The van der Waals surface area contributed by atoms with Gasteiger partial charge in [0.2, 0.25) is 11.7 Å². The van der Waals surface area contributed by atoms with Gasteiger partial charge in [-0.2, -0.15) is 5.06 Å². The molecule has 3 aliphatic heterocycles. The predicted molar refractivity (Wildman–Crippen MR) is 154 cm³/mol. The molecule has 1 amide bonds. The number of nitrogens with zero attached hydrogens (tertiary/aromatic N) is 1. The molecule has 0 spiro atoms. The number of carbonyl (C=O) groups is 2. The Balaban J connectivity index is 1.34. The second kappa shape index (κ2) is 10.4. The molecular formula is C31H29IN2O7. The van der Waals surface area contributed by atoms with Crippen LogP contribution in [0.15, 0.2) is 84.9 Å². The number of fused-ring (bicyclic) bond motifs is 4. The van der Waals surface area contributed by atoms with Crippen molar-refractivity contribution in [1.29, 1.82) is 0 Å². The summed E-state index contributed by atoms with van der Waals surface area (Å²) in [5.74, 6) is -2.20. The highest BCUT2D eigenvalue weighted by molar-refractivity contribution is 14.1. The van der Waals surface area contributed by atoms with Crippen molar-refractivity contribution in [2.45, 2.75) is 49.2 Å². The van der Waals surface area contributed by atoms with Gasteiger partial charge in [-0.05, 0) is 40.3 Å². The van der Waals surface area contributed by atoms with E-state index in [-0.39, 0.29) is 32.0 Å². The molecule has 2 N–H and O–H groups in total. The number of rotatable bonds is 7. The lowest BCUT2D eigenvalue weighted by Crippen LogP contribution is -2.69. The van der Waals surface area contributed by atoms with Crippen molar-refractivity contribution in [2.75, 3.05) is 13.2 Å². The number of aliphatic hydroxyl groups is 1. The summed E-state index contributed by atoms with van der Waals surface area (Å²) >= 11 is 2.24. The van der Waals surface area contributed by atoms with Crippen LogP contribution in [0.2, 0.25) is 0 Å². The topological polar surface area (TPSA) is 107 Å². The number of amides is 1. The first-order valence-corrected chi connectivity index (χ1v) is 14.8. The van der Waals surface area contributed by atoms with Crippen LogP contribution in [-0.4, -0.2) is 65.7 Å². The van der Waals surface area contributed by atoms with Crippen LogP contribution in [0.5, 0.6) is 0 Å². The van der Waals surface area contributed by atoms with E-state index in [1.807, 2.05) is 84.9 Å². The summed E-state index contributed by atoms with van der Waals surface area (Å²) in [6.07, 6.45) is -2.77. The van der Waals surface area contributed by atoms with Crippen LogP contribution in [0.25, 0.3) is 0 Å². The number of carbonyl (C=O) groups excluding carboxylic acids is 2. The first-order valence-electron chi connectivity index (χ1n) is 13.7. The minimum atomic E-state index is -1.30. The number of esters is 1. The highest BCUT2D eigenvalue weighted by atomic mass is 127. The fourth-order valence-electron chi connectivity index (χ4n) is 6.84. The largest absolute Gasteiger partial charge is 0.458 e. The number of ether oxygens (including phenoxy) is 3. The molecule has 3 aromatic carbocycles. The van der Waals surface area contributed by atoms with E-state index in [4.69, 9.17) is 19.0 Å². The van der Waals surface area contributed by atoms with Crippen LogP contribution in [0.4, 0.5) is 0 Å². The van der Waals surface area contributed by atoms with Gasteiger partial charge in [-0.15, -0.1) is 0 Å². The van der Waals surface area contributed by atoms with Crippen LogP contribution in [0.1, 0.15) is 23.1 Å². The quantitative estimate of drug-likeness (QED) is 0.293. The smallest absolute Gasteiger partial charge is 0.327 e. The van der Waals surface area contributed by atoms with Crippen molar-refractivity contribution >= 4 is 34.5 Å². The normalized spacial score (nSPS) is 31.4. The SMILES string of the molecule is O=C1OC2CC3(C(=O)NCCO)C(ON(Cc4cccc(I)c4)C13)C1OC(c3ccccc3)(c3ccccc3)OC21. The van der Waals surface area contributed by atoms with Gasteiger partial charge in [0.1, 0.15) is 29.8 Å². The monoisotopic (exact) mass is 668 g/mol. The summed E-state index contributed by atoms with van der Waals surface area (Å²) < 4.78 is 20.8. The number of benzene rings is 3. The molecule has 3 heterocycles.